The van der Waals surface area contributed by atoms with Crippen LogP contribution in [-0.2, 0) is 16.1 Å². The predicted molar refractivity (Wildman–Crippen MR) is 172 cm³/mol. The molecule has 0 radical (unpaired) electrons. The second-order valence-corrected chi connectivity index (χ2v) is 8.40. The maximum atomic E-state index is 10.4. The molecule has 1 atom stereocenters. The monoisotopic (exact) mass is 601 g/mol. The molecule has 2 saturated heterocycles. The Balaban J connectivity index is -0.000000239. The molecule has 5 nitrogen and oxygen atoms in total. The molecule has 8 heteroatoms. The summed E-state index contributed by atoms with van der Waals surface area (Å²) in [6.07, 6.45) is 33.9. The number of hydrogen-bond donors (Lipinski definition) is 1. The molecule has 2 N–H and O–H groups in total. The number of quaternary nitrogens is 1. The Bertz CT molecular complexity index is 902. The number of benzene rings is 2. The number of rotatable bonds is 5. The van der Waals surface area contributed by atoms with Crippen molar-refractivity contribution in [2.45, 2.75) is 51.3 Å². The molecule has 236 valence electrons. The van der Waals surface area contributed by atoms with Gasteiger partial charge in [-0.2, -0.15) is 13.2 Å². The quantitative estimate of drug-likeness (QED) is 0.350. The molecule has 2 fully saturated rings. The second kappa shape index (κ2) is 33.9. The number of piperidine rings is 1. The highest BCUT2D eigenvalue weighted by molar-refractivity contribution is 5.47. The van der Waals surface area contributed by atoms with Gasteiger partial charge < -0.3 is 19.7 Å². The third kappa shape index (κ3) is 27.6. The maximum Gasteiger partial charge on any atom is 0.386 e. The van der Waals surface area contributed by atoms with E-state index in [9.17, 15) is 18.0 Å². The highest BCUT2D eigenvalue weighted by Gasteiger charge is 2.24. The highest BCUT2D eigenvalue weighted by atomic mass is 19.4. The van der Waals surface area contributed by atoms with Gasteiger partial charge in [-0.15, -0.1) is 51.4 Å². The Hall–Kier alpha value is -4.34. The Morgan fingerprint density at radius 1 is 0.860 bits per heavy atom. The average Bonchev–Trinajstić information content (AvgIpc) is 3.61. The van der Waals surface area contributed by atoms with Crippen LogP contribution in [0, 0.1) is 51.4 Å². The normalized spacial score (nSPS) is 14.0. The minimum Gasteiger partial charge on any atom is -0.496 e. The van der Waals surface area contributed by atoms with Crippen molar-refractivity contribution in [1.29, 1.82) is 0 Å². The van der Waals surface area contributed by atoms with Crippen LogP contribution in [0.5, 0.6) is 5.75 Å². The fraction of sp³-hybridized carbons (Fsp3) is 0.400. The molecule has 0 unspecified atom stereocenters. The van der Waals surface area contributed by atoms with Gasteiger partial charge in [0, 0.05) is 45.0 Å². The van der Waals surface area contributed by atoms with Crippen molar-refractivity contribution >= 4 is 6.41 Å². The van der Waals surface area contributed by atoms with Gasteiger partial charge in [-0.1, -0.05) is 48.5 Å². The molecule has 1 amide bonds. The Labute approximate surface area is 258 Å². The Morgan fingerprint density at radius 3 is 1.65 bits per heavy atom. The summed E-state index contributed by atoms with van der Waals surface area (Å²) in [6, 6.07) is 18.3. The van der Waals surface area contributed by atoms with E-state index in [4.69, 9.17) is 9.47 Å². The number of amides is 1. The standard InChI is InChI=1S/C13H19NO2.C6H11NO.C6H6.C2H3F3.4C2H2/c1-15-9-12-11(10-6-7-14-8-10)4-3-5-13(12)16-2;8-6-7-4-2-1-3-5-7;1-2-4-6-5-3-1;1-2(3,4)5;4*1-2/h3-5,10,14H,6-9H2,1-2H3;6H,1-5H2;1-6H;1H3;4*1-2H/p+1/t10-;;;;;;;/m0......./s1. The van der Waals surface area contributed by atoms with Crippen LogP contribution in [0.4, 0.5) is 13.2 Å². The van der Waals surface area contributed by atoms with Gasteiger partial charge in [-0.05, 0) is 30.9 Å². The van der Waals surface area contributed by atoms with Crippen LogP contribution >= 0.6 is 0 Å². The van der Waals surface area contributed by atoms with Crippen molar-refractivity contribution in [1.82, 2.24) is 4.90 Å². The van der Waals surface area contributed by atoms with Crippen LogP contribution in [0.3, 0.4) is 0 Å². The number of nitrogens with zero attached hydrogens (tertiary/aromatic N) is 1. The van der Waals surface area contributed by atoms with Crippen LogP contribution in [0.15, 0.2) is 54.6 Å². The smallest absolute Gasteiger partial charge is 0.386 e. The van der Waals surface area contributed by atoms with Gasteiger partial charge >= 0.3 is 6.18 Å². The van der Waals surface area contributed by atoms with E-state index >= 15 is 0 Å². The third-order valence-corrected chi connectivity index (χ3v) is 5.49. The van der Waals surface area contributed by atoms with Crippen molar-refractivity contribution in [3.8, 4) is 57.1 Å². The second-order valence-electron chi connectivity index (χ2n) is 8.40. The first-order valence-electron chi connectivity index (χ1n) is 13.4. The van der Waals surface area contributed by atoms with E-state index in [-0.39, 0.29) is 6.92 Å². The molecular weight excluding hydrogens is 553 g/mol. The number of carbonyl (C=O) groups is 1. The lowest BCUT2D eigenvalue weighted by atomic mass is 9.93. The lowest BCUT2D eigenvalue weighted by Gasteiger charge is -2.21. The van der Waals surface area contributed by atoms with Gasteiger partial charge in [0.05, 0.1) is 26.8 Å². The predicted octanol–water partition coefficient (Wildman–Crippen LogP) is 5.77. The number of halogens is 3. The first-order valence-corrected chi connectivity index (χ1v) is 13.4. The summed E-state index contributed by atoms with van der Waals surface area (Å²) in [4.78, 5) is 11.9. The molecule has 43 heavy (non-hydrogen) atoms. The molecular formula is C35H48F3N2O3+. The van der Waals surface area contributed by atoms with Gasteiger partial charge in [0.15, 0.2) is 0 Å². The minimum atomic E-state index is -4.00. The van der Waals surface area contributed by atoms with Crippen molar-refractivity contribution in [3.63, 3.8) is 0 Å². The third-order valence-electron chi connectivity index (χ3n) is 5.49. The first kappa shape index (κ1) is 45.6. The number of likely N-dealkylation sites (tertiary alicyclic amines) is 1. The lowest BCUT2D eigenvalue weighted by Crippen LogP contribution is -2.81. The van der Waals surface area contributed by atoms with E-state index in [0.717, 1.165) is 25.2 Å². The zero-order valence-corrected chi connectivity index (χ0v) is 25.7. The van der Waals surface area contributed by atoms with E-state index in [0.29, 0.717) is 12.5 Å². The van der Waals surface area contributed by atoms with Crippen LogP contribution in [-0.4, -0.2) is 57.9 Å². The van der Waals surface area contributed by atoms with Crippen molar-refractivity contribution in [2.75, 3.05) is 40.4 Å². The fourth-order valence-electron chi connectivity index (χ4n) is 3.90. The van der Waals surface area contributed by atoms with Gasteiger partial charge in [-0.3, -0.25) is 4.79 Å². The number of ether oxygens (including phenoxy) is 2. The summed E-state index contributed by atoms with van der Waals surface area (Å²) >= 11 is 0. The van der Waals surface area contributed by atoms with Crippen molar-refractivity contribution in [2.24, 2.45) is 0 Å². The van der Waals surface area contributed by atoms with Gasteiger partial charge in [-0.25, -0.2) is 0 Å². The number of nitrogens with two attached hydrogens (primary N) is 1. The van der Waals surface area contributed by atoms with Crippen LogP contribution in [0.2, 0.25) is 0 Å². The van der Waals surface area contributed by atoms with E-state index in [1.807, 2.05) is 47.4 Å². The molecule has 2 aromatic carbocycles. The van der Waals surface area contributed by atoms with Crippen LogP contribution in [0.1, 0.15) is 49.7 Å². The summed E-state index contributed by atoms with van der Waals surface area (Å²) < 4.78 is 41.8. The zero-order valence-electron chi connectivity index (χ0n) is 25.7. The lowest BCUT2D eigenvalue weighted by molar-refractivity contribution is -0.636. The SMILES string of the molecule is C#C.C#C.C#C.C#C.CC(F)(F)F.COCc1c(OC)cccc1[C@H]1CC[NH2+]C1.O=CN1CCCCC1.c1ccccc1. The van der Waals surface area contributed by atoms with E-state index in [1.165, 1.54) is 49.9 Å². The fourth-order valence-corrected chi connectivity index (χ4v) is 3.90. The summed E-state index contributed by atoms with van der Waals surface area (Å²) in [6.45, 7) is 5.19. The summed E-state index contributed by atoms with van der Waals surface area (Å²) in [5.74, 6) is 1.60. The molecule has 0 bridgehead atoms. The average molecular weight is 602 g/mol. The minimum absolute atomic E-state index is 0.188. The van der Waals surface area contributed by atoms with Crippen molar-refractivity contribution < 1.29 is 32.8 Å². The topological polar surface area (TPSA) is 55.4 Å². The van der Waals surface area contributed by atoms with Crippen LogP contribution in [0.25, 0.3) is 0 Å². The summed E-state index contributed by atoms with van der Waals surface area (Å²) in [5.41, 5.74) is 2.61. The molecule has 0 aromatic heterocycles. The molecule has 2 aromatic rings. The molecule has 4 rings (SSSR count). The number of carbonyl (C=O) groups excluding carboxylic acids is 1. The largest absolute Gasteiger partial charge is 0.496 e. The van der Waals surface area contributed by atoms with E-state index in [1.54, 1.807) is 14.2 Å². The van der Waals surface area contributed by atoms with E-state index < -0.39 is 6.18 Å². The number of alkyl halides is 3. The first-order chi connectivity index (χ1) is 20.8. The summed E-state index contributed by atoms with van der Waals surface area (Å²) in [5, 5.41) is 2.38. The van der Waals surface area contributed by atoms with Gasteiger partial charge in [0.2, 0.25) is 6.41 Å². The van der Waals surface area contributed by atoms with Gasteiger partial charge in [0.1, 0.15) is 5.75 Å². The van der Waals surface area contributed by atoms with E-state index in [2.05, 4.69) is 68.8 Å². The summed E-state index contributed by atoms with van der Waals surface area (Å²) in [7, 11) is 3.45. The molecule has 2 aliphatic heterocycles. The molecule has 0 aliphatic carbocycles. The number of terminal acetylenes is 4. The van der Waals surface area contributed by atoms with Gasteiger partial charge in [0.25, 0.3) is 0 Å². The maximum absolute atomic E-state index is 10.4. The molecule has 0 spiro atoms. The highest BCUT2D eigenvalue weighted by Crippen LogP contribution is 2.30. The molecule has 0 saturated carbocycles. The molecule has 2 heterocycles. The Kier molecular flexibility index (Phi) is 35.9. The molecule has 2 aliphatic rings. The zero-order chi connectivity index (χ0) is 33.9. The number of methoxy groups -OCH3 is 2. The van der Waals surface area contributed by atoms with Crippen molar-refractivity contribution in [3.05, 3.63) is 65.7 Å². The van der Waals surface area contributed by atoms with Crippen LogP contribution < -0.4 is 10.1 Å². The number of hydrogen-bond acceptors (Lipinski definition) is 3. The Morgan fingerprint density at radius 2 is 1.33 bits per heavy atom.